The van der Waals surface area contributed by atoms with Gasteiger partial charge in [-0.2, -0.15) is 0 Å². The van der Waals surface area contributed by atoms with Gasteiger partial charge < -0.3 is 10.4 Å². The Morgan fingerprint density at radius 1 is 1.10 bits per heavy atom. The predicted molar refractivity (Wildman–Crippen MR) is 81.4 cm³/mol. The summed E-state index contributed by atoms with van der Waals surface area (Å²) in [5.41, 5.74) is 2.30. The zero-order valence-corrected chi connectivity index (χ0v) is 11.9. The minimum Gasteiger partial charge on any atom is -0.393 e. The Labute approximate surface area is 120 Å². The van der Waals surface area contributed by atoms with Crippen LogP contribution < -0.4 is 5.32 Å². The molecule has 0 fully saturated rings. The van der Waals surface area contributed by atoms with E-state index in [1.54, 1.807) is 0 Å². The Kier molecular flexibility index (Phi) is 5.71. The van der Waals surface area contributed by atoms with E-state index in [0.29, 0.717) is 5.92 Å². The molecule has 1 heterocycles. The number of aromatic nitrogens is 1. The van der Waals surface area contributed by atoms with Gasteiger partial charge in [-0.25, -0.2) is 0 Å². The molecule has 3 heteroatoms. The number of aliphatic hydroxyl groups excluding tert-OH is 1. The average Bonchev–Trinajstić information content (AvgIpc) is 2.48. The van der Waals surface area contributed by atoms with E-state index in [1.165, 1.54) is 5.56 Å². The quantitative estimate of drug-likeness (QED) is 0.813. The summed E-state index contributed by atoms with van der Waals surface area (Å²) in [6.45, 7) is 3.43. The third kappa shape index (κ3) is 4.76. The van der Waals surface area contributed by atoms with Crippen molar-refractivity contribution in [3.05, 3.63) is 66.0 Å². The lowest BCUT2D eigenvalue weighted by Crippen LogP contribution is -2.24. The summed E-state index contributed by atoms with van der Waals surface area (Å²) < 4.78 is 0. The molecule has 2 aromatic rings. The van der Waals surface area contributed by atoms with Gasteiger partial charge in [-0.1, -0.05) is 36.4 Å². The molecule has 106 valence electrons. The second-order valence-corrected chi connectivity index (χ2v) is 5.14. The van der Waals surface area contributed by atoms with Crippen LogP contribution in [0.3, 0.4) is 0 Å². The highest BCUT2D eigenvalue weighted by Crippen LogP contribution is 2.20. The van der Waals surface area contributed by atoms with Crippen LogP contribution in [0.15, 0.2) is 54.7 Å². The largest absolute Gasteiger partial charge is 0.393 e. The predicted octanol–water partition coefficient (Wildman–Crippen LogP) is 2.73. The van der Waals surface area contributed by atoms with Crippen LogP contribution in [0.25, 0.3) is 0 Å². The lowest BCUT2D eigenvalue weighted by Gasteiger charge is -2.19. The van der Waals surface area contributed by atoms with Crippen LogP contribution >= 0.6 is 0 Å². The third-order valence-corrected chi connectivity index (χ3v) is 3.32. The van der Waals surface area contributed by atoms with Crippen LogP contribution in [0.5, 0.6) is 0 Å². The number of rotatable bonds is 7. The summed E-state index contributed by atoms with van der Waals surface area (Å²) in [7, 11) is 0. The van der Waals surface area contributed by atoms with Gasteiger partial charge in [0, 0.05) is 19.3 Å². The molecule has 2 rings (SSSR count). The van der Waals surface area contributed by atoms with Gasteiger partial charge in [-0.15, -0.1) is 0 Å². The summed E-state index contributed by atoms with van der Waals surface area (Å²) >= 11 is 0. The maximum Gasteiger partial charge on any atom is 0.0541 e. The second kappa shape index (κ2) is 7.78. The Morgan fingerprint density at radius 3 is 2.50 bits per heavy atom. The summed E-state index contributed by atoms with van der Waals surface area (Å²) in [4.78, 5) is 4.30. The minimum absolute atomic E-state index is 0.295. The maximum atomic E-state index is 9.66. The molecule has 0 aliphatic rings. The Balaban J connectivity index is 1.91. The van der Waals surface area contributed by atoms with Crippen LogP contribution in [0, 0.1) is 0 Å². The van der Waals surface area contributed by atoms with E-state index in [1.807, 2.05) is 49.5 Å². The van der Waals surface area contributed by atoms with E-state index in [-0.39, 0.29) is 6.10 Å². The smallest absolute Gasteiger partial charge is 0.0541 e. The van der Waals surface area contributed by atoms with E-state index in [9.17, 15) is 5.11 Å². The monoisotopic (exact) mass is 270 g/mol. The fourth-order valence-electron chi connectivity index (χ4n) is 2.35. The van der Waals surface area contributed by atoms with Gasteiger partial charge in [0.05, 0.1) is 11.8 Å². The molecule has 2 unspecified atom stereocenters. The van der Waals surface area contributed by atoms with Crippen molar-refractivity contribution in [1.82, 2.24) is 10.3 Å². The zero-order valence-electron chi connectivity index (χ0n) is 11.9. The highest BCUT2D eigenvalue weighted by atomic mass is 16.3. The number of benzene rings is 1. The first-order valence-corrected chi connectivity index (χ1v) is 7.09. The van der Waals surface area contributed by atoms with Crippen molar-refractivity contribution in [3.63, 3.8) is 0 Å². The van der Waals surface area contributed by atoms with E-state index < -0.39 is 0 Å². The second-order valence-electron chi connectivity index (χ2n) is 5.14. The fourth-order valence-corrected chi connectivity index (χ4v) is 2.35. The molecule has 0 radical (unpaired) electrons. The third-order valence-electron chi connectivity index (χ3n) is 3.32. The molecule has 0 aliphatic carbocycles. The molecular weight excluding hydrogens is 248 g/mol. The van der Waals surface area contributed by atoms with Crippen molar-refractivity contribution in [1.29, 1.82) is 0 Å². The van der Waals surface area contributed by atoms with Crippen molar-refractivity contribution in [2.45, 2.75) is 31.9 Å². The number of aliphatic hydroxyl groups is 1. The van der Waals surface area contributed by atoms with E-state index in [0.717, 1.165) is 25.2 Å². The Hall–Kier alpha value is -1.71. The van der Waals surface area contributed by atoms with Crippen molar-refractivity contribution >= 4 is 0 Å². The minimum atomic E-state index is -0.295. The van der Waals surface area contributed by atoms with Gasteiger partial charge in [0.2, 0.25) is 0 Å². The number of nitrogens with zero attached hydrogens (tertiary/aromatic N) is 1. The molecule has 2 N–H and O–H groups in total. The molecule has 0 saturated heterocycles. The highest BCUT2D eigenvalue weighted by Gasteiger charge is 2.13. The number of hydrogen-bond acceptors (Lipinski definition) is 3. The number of hydrogen-bond donors (Lipinski definition) is 2. The van der Waals surface area contributed by atoms with Gasteiger partial charge in [0.1, 0.15) is 0 Å². The first kappa shape index (κ1) is 14.7. The van der Waals surface area contributed by atoms with E-state index in [2.05, 4.69) is 22.4 Å². The SMILES string of the molecule is CC(O)CC(CNCc1ccccn1)c1ccccc1. The van der Waals surface area contributed by atoms with Crippen molar-refractivity contribution in [2.24, 2.45) is 0 Å². The van der Waals surface area contributed by atoms with Gasteiger partial charge in [0.25, 0.3) is 0 Å². The van der Waals surface area contributed by atoms with Crippen LogP contribution in [-0.2, 0) is 6.54 Å². The van der Waals surface area contributed by atoms with E-state index >= 15 is 0 Å². The fraction of sp³-hybridized carbons (Fsp3) is 0.353. The summed E-state index contributed by atoms with van der Waals surface area (Å²) in [5, 5.41) is 13.1. The molecule has 0 amide bonds. The molecule has 0 saturated carbocycles. The molecule has 3 nitrogen and oxygen atoms in total. The molecule has 2 atom stereocenters. The zero-order chi connectivity index (χ0) is 14.2. The van der Waals surface area contributed by atoms with Crippen LogP contribution in [0.2, 0.25) is 0 Å². The number of pyridine rings is 1. The molecule has 1 aromatic heterocycles. The molecule has 0 spiro atoms. The van der Waals surface area contributed by atoms with E-state index in [4.69, 9.17) is 0 Å². The van der Waals surface area contributed by atoms with Crippen molar-refractivity contribution < 1.29 is 5.11 Å². The summed E-state index contributed by atoms with van der Waals surface area (Å²) in [6, 6.07) is 16.3. The van der Waals surface area contributed by atoms with Gasteiger partial charge in [0.15, 0.2) is 0 Å². The van der Waals surface area contributed by atoms with Gasteiger partial charge >= 0.3 is 0 Å². The standard InChI is InChI=1S/C17H22N2O/c1-14(20)11-16(15-7-3-2-4-8-15)12-18-13-17-9-5-6-10-19-17/h2-10,14,16,18,20H,11-13H2,1H3. The number of nitrogens with one attached hydrogen (secondary N) is 1. The Bertz CT molecular complexity index is 485. The molecule has 0 aliphatic heterocycles. The first-order valence-electron chi connectivity index (χ1n) is 7.09. The molecule has 20 heavy (non-hydrogen) atoms. The highest BCUT2D eigenvalue weighted by molar-refractivity contribution is 5.20. The van der Waals surface area contributed by atoms with Gasteiger partial charge in [-0.3, -0.25) is 4.98 Å². The molecule has 1 aromatic carbocycles. The van der Waals surface area contributed by atoms with Crippen molar-refractivity contribution in [3.8, 4) is 0 Å². The maximum absolute atomic E-state index is 9.66. The first-order chi connectivity index (χ1) is 9.75. The lowest BCUT2D eigenvalue weighted by molar-refractivity contribution is 0.173. The molecular formula is C17H22N2O. The van der Waals surface area contributed by atoms with Gasteiger partial charge in [-0.05, 0) is 37.0 Å². The summed E-state index contributed by atoms with van der Waals surface area (Å²) in [6.07, 6.45) is 2.28. The van der Waals surface area contributed by atoms with Crippen molar-refractivity contribution in [2.75, 3.05) is 6.54 Å². The van der Waals surface area contributed by atoms with Crippen LogP contribution in [-0.4, -0.2) is 22.7 Å². The summed E-state index contributed by atoms with van der Waals surface area (Å²) in [5.74, 6) is 0.319. The topological polar surface area (TPSA) is 45.1 Å². The average molecular weight is 270 g/mol. The lowest BCUT2D eigenvalue weighted by atomic mass is 9.93. The normalized spacial score (nSPS) is 13.9. The molecule has 0 bridgehead atoms. The Morgan fingerprint density at radius 2 is 1.85 bits per heavy atom. The van der Waals surface area contributed by atoms with Crippen LogP contribution in [0.4, 0.5) is 0 Å². The van der Waals surface area contributed by atoms with Crippen LogP contribution in [0.1, 0.15) is 30.5 Å².